The minimum atomic E-state index is 0.736. The highest BCUT2D eigenvalue weighted by Crippen LogP contribution is 2.19. The number of rotatable bonds is 5. The molecular formula is C11H15N5O. The summed E-state index contributed by atoms with van der Waals surface area (Å²) in [5, 5.41) is 11.0. The fourth-order valence-electron chi connectivity index (χ4n) is 1.51. The van der Waals surface area contributed by atoms with Gasteiger partial charge in [0.15, 0.2) is 11.6 Å². The van der Waals surface area contributed by atoms with E-state index in [1.807, 2.05) is 23.7 Å². The Morgan fingerprint density at radius 3 is 3.06 bits per heavy atom. The average Bonchev–Trinajstić information content (AvgIpc) is 2.76. The zero-order valence-corrected chi connectivity index (χ0v) is 9.92. The standard InChI is InChI=1S/C11H15N5O/c1-16-8-14-15-10(16)5-7-13-11-9(17-2)4-3-6-12-11/h3-4,6,8H,5,7H2,1-2H3,(H,12,13). The third-order valence-corrected chi connectivity index (χ3v) is 2.44. The van der Waals surface area contributed by atoms with Gasteiger partial charge in [-0.3, -0.25) is 0 Å². The van der Waals surface area contributed by atoms with Crippen LogP contribution in [-0.2, 0) is 13.5 Å². The molecule has 0 unspecified atom stereocenters. The molecule has 2 aromatic rings. The van der Waals surface area contributed by atoms with Gasteiger partial charge in [0.25, 0.3) is 0 Å². The summed E-state index contributed by atoms with van der Waals surface area (Å²) in [6, 6.07) is 3.71. The summed E-state index contributed by atoms with van der Waals surface area (Å²) < 4.78 is 7.10. The van der Waals surface area contributed by atoms with Gasteiger partial charge in [-0.15, -0.1) is 10.2 Å². The van der Waals surface area contributed by atoms with Gasteiger partial charge < -0.3 is 14.6 Å². The van der Waals surface area contributed by atoms with E-state index < -0.39 is 0 Å². The van der Waals surface area contributed by atoms with Gasteiger partial charge in [0.1, 0.15) is 12.2 Å². The van der Waals surface area contributed by atoms with E-state index in [1.165, 1.54) is 0 Å². The van der Waals surface area contributed by atoms with Gasteiger partial charge in [-0.05, 0) is 12.1 Å². The monoisotopic (exact) mass is 233 g/mol. The number of hydrogen-bond donors (Lipinski definition) is 1. The molecule has 0 amide bonds. The van der Waals surface area contributed by atoms with E-state index in [-0.39, 0.29) is 0 Å². The molecule has 0 spiro atoms. The topological polar surface area (TPSA) is 64.9 Å². The third-order valence-electron chi connectivity index (χ3n) is 2.44. The van der Waals surface area contributed by atoms with Gasteiger partial charge >= 0.3 is 0 Å². The second-order valence-electron chi connectivity index (χ2n) is 3.59. The zero-order valence-electron chi connectivity index (χ0n) is 9.92. The molecule has 17 heavy (non-hydrogen) atoms. The van der Waals surface area contributed by atoms with E-state index in [4.69, 9.17) is 4.74 Å². The molecule has 0 bridgehead atoms. The fourth-order valence-corrected chi connectivity index (χ4v) is 1.51. The smallest absolute Gasteiger partial charge is 0.168 e. The van der Waals surface area contributed by atoms with Crippen LogP contribution < -0.4 is 10.1 Å². The Morgan fingerprint density at radius 2 is 2.35 bits per heavy atom. The lowest BCUT2D eigenvalue weighted by molar-refractivity contribution is 0.415. The maximum atomic E-state index is 5.20. The molecular weight excluding hydrogens is 218 g/mol. The maximum absolute atomic E-state index is 5.20. The van der Waals surface area contributed by atoms with E-state index in [0.29, 0.717) is 0 Å². The van der Waals surface area contributed by atoms with Crippen LogP contribution in [0.15, 0.2) is 24.7 Å². The lowest BCUT2D eigenvalue weighted by Crippen LogP contribution is -2.10. The van der Waals surface area contributed by atoms with Crippen molar-refractivity contribution in [1.29, 1.82) is 0 Å². The van der Waals surface area contributed by atoms with Crippen LogP contribution in [0.1, 0.15) is 5.82 Å². The molecule has 2 rings (SSSR count). The van der Waals surface area contributed by atoms with Crippen molar-refractivity contribution in [3.8, 4) is 5.75 Å². The van der Waals surface area contributed by atoms with Crippen molar-refractivity contribution in [3.05, 3.63) is 30.5 Å². The summed E-state index contributed by atoms with van der Waals surface area (Å²) in [5.74, 6) is 2.43. The molecule has 0 aliphatic rings. The summed E-state index contributed by atoms with van der Waals surface area (Å²) in [5.41, 5.74) is 0. The second-order valence-corrected chi connectivity index (χ2v) is 3.59. The van der Waals surface area contributed by atoms with Crippen LogP contribution in [0.25, 0.3) is 0 Å². The maximum Gasteiger partial charge on any atom is 0.168 e. The van der Waals surface area contributed by atoms with Crippen molar-refractivity contribution < 1.29 is 4.74 Å². The molecule has 2 aromatic heterocycles. The molecule has 0 atom stereocenters. The Morgan fingerprint density at radius 1 is 1.47 bits per heavy atom. The SMILES string of the molecule is COc1cccnc1NCCc1nncn1C. The minimum absolute atomic E-state index is 0.736. The molecule has 0 aliphatic carbocycles. The quantitative estimate of drug-likeness (QED) is 0.830. The van der Waals surface area contributed by atoms with Crippen molar-refractivity contribution in [2.45, 2.75) is 6.42 Å². The van der Waals surface area contributed by atoms with Gasteiger partial charge in [-0.25, -0.2) is 4.98 Å². The van der Waals surface area contributed by atoms with E-state index in [9.17, 15) is 0 Å². The normalized spacial score (nSPS) is 10.2. The van der Waals surface area contributed by atoms with Gasteiger partial charge in [0.05, 0.1) is 7.11 Å². The minimum Gasteiger partial charge on any atom is -0.493 e. The molecule has 6 nitrogen and oxygen atoms in total. The number of aryl methyl sites for hydroxylation is 1. The van der Waals surface area contributed by atoms with Gasteiger partial charge in [0.2, 0.25) is 0 Å². The molecule has 0 radical (unpaired) electrons. The predicted molar refractivity (Wildman–Crippen MR) is 64.0 cm³/mol. The second kappa shape index (κ2) is 5.29. The Hall–Kier alpha value is -2.11. The molecule has 1 N–H and O–H groups in total. The van der Waals surface area contributed by atoms with E-state index >= 15 is 0 Å². The average molecular weight is 233 g/mol. The lowest BCUT2D eigenvalue weighted by Gasteiger charge is -2.08. The van der Waals surface area contributed by atoms with Gasteiger partial charge in [-0.1, -0.05) is 0 Å². The van der Waals surface area contributed by atoms with Gasteiger partial charge in [-0.2, -0.15) is 0 Å². The molecule has 0 saturated carbocycles. The molecule has 0 saturated heterocycles. The number of methoxy groups -OCH3 is 1. The predicted octanol–water partition coefficient (Wildman–Crippen LogP) is 0.873. The summed E-state index contributed by atoms with van der Waals surface area (Å²) in [6.45, 7) is 0.736. The van der Waals surface area contributed by atoms with Crippen LogP contribution in [0.2, 0.25) is 0 Å². The number of aromatic nitrogens is 4. The van der Waals surface area contributed by atoms with Crippen LogP contribution in [0, 0.1) is 0 Å². The lowest BCUT2D eigenvalue weighted by atomic mass is 10.3. The molecule has 0 aliphatic heterocycles. The van der Waals surface area contributed by atoms with Crippen molar-refractivity contribution in [1.82, 2.24) is 19.7 Å². The Labute approximate surface area is 99.7 Å². The number of nitrogens with one attached hydrogen (secondary N) is 1. The van der Waals surface area contributed by atoms with Crippen molar-refractivity contribution in [2.75, 3.05) is 19.0 Å². The molecule has 0 aromatic carbocycles. The zero-order chi connectivity index (χ0) is 12.1. The highest BCUT2D eigenvalue weighted by Gasteiger charge is 2.04. The third kappa shape index (κ3) is 2.72. The van der Waals surface area contributed by atoms with Crippen molar-refractivity contribution >= 4 is 5.82 Å². The summed E-state index contributed by atoms with van der Waals surface area (Å²) in [6.07, 6.45) is 4.21. The Kier molecular flexibility index (Phi) is 3.54. The first kappa shape index (κ1) is 11.4. The molecule has 6 heteroatoms. The van der Waals surface area contributed by atoms with Crippen molar-refractivity contribution in [3.63, 3.8) is 0 Å². The highest BCUT2D eigenvalue weighted by atomic mass is 16.5. The van der Waals surface area contributed by atoms with Crippen LogP contribution in [-0.4, -0.2) is 33.4 Å². The Balaban J connectivity index is 1.92. The van der Waals surface area contributed by atoms with Crippen LogP contribution in [0.3, 0.4) is 0 Å². The number of pyridine rings is 1. The van der Waals surface area contributed by atoms with Crippen LogP contribution >= 0.6 is 0 Å². The first-order valence-corrected chi connectivity index (χ1v) is 5.37. The number of hydrogen-bond acceptors (Lipinski definition) is 5. The van der Waals surface area contributed by atoms with E-state index in [0.717, 1.165) is 30.4 Å². The number of ether oxygens (including phenoxy) is 1. The summed E-state index contributed by atoms with van der Waals surface area (Å²) in [7, 11) is 3.56. The van der Waals surface area contributed by atoms with Crippen LogP contribution in [0.5, 0.6) is 5.75 Å². The first-order chi connectivity index (χ1) is 8.31. The van der Waals surface area contributed by atoms with Gasteiger partial charge in [0, 0.05) is 26.2 Å². The number of anilines is 1. The molecule has 90 valence electrons. The summed E-state index contributed by atoms with van der Waals surface area (Å²) in [4.78, 5) is 4.21. The van der Waals surface area contributed by atoms with Crippen molar-refractivity contribution in [2.24, 2.45) is 7.05 Å². The van der Waals surface area contributed by atoms with Crippen LogP contribution in [0.4, 0.5) is 5.82 Å². The molecule has 0 fully saturated rings. The molecule has 2 heterocycles. The largest absolute Gasteiger partial charge is 0.493 e. The summed E-state index contributed by atoms with van der Waals surface area (Å²) >= 11 is 0. The van der Waals surface area contributed by atoms with E-state index in [1.54, 1.807) is 19.6 Å². The van der Waals surface area contributed by atoms with E-state index in [2.05, 4.69) is 20.5 Å². The first-order valence-electron chi connectivity index (χ1n) is 5.37. The highest BCUT2D eigenvalue weighted by molar-refractivity contribution is 5.49. The fraction of sp³-hybridized carbons (Fsp3) is 0.364. The number of nitrogens with zero attached hydrogens (tertiary/aromatic N) is 4. The Bertz CT molecular complexity index is 482.